The van der Waals surface area contributed by atoms with Gasteiger partial charge in [0.05, 0.1) is 5.52 Å². The molecule has 0 spiro atoms. The molecule has 5 heteroatoms. The minimum Gasteiger partial charge on any atom is -0.508 e. The Kier molecular flexibility index (Phi) is 5.29. The molecule has 2 heterocycles. The van der Waals surface area contributed by atoms with Gasteiger partial charge in [-0.2, -0.15) is 0 Å². The molecule has 0 saturated carbocycles. The number of hydrogen-bond donors (Lipinski definition) is 2. The lowest BCUT2D eigenvalue weighted by atomic mass is 10.0. The topological polar surface area (TPSA) is 75.3 Å². The third-order valence-electron chi connectivity index (χ3n) is 5.06. The first-order chi connectivity index (χ1) is 14.1. The molecule has 0 radical (unpaired) electrons. The number of carboxylic acid groups (broad SMARTS) is 1. The molecule has 2 N–H and O–H groups in total. The molecular weight excluding hydrogens is 364 g/mol. The Bertz CT molecular complexity index is 1150. The molecule has 0 amide bonds. The summed E-state index contributed by atoms with van der Waals surface area (Å²) in [6.07, 6.45) is 6.16. The standard InChI is InChI=1S/C24H22N2O3/c27-21-6-3-5-20(15-21)26-16-18(9-10-19-4-1-2-13-25-19)22-14-17(7-11-23(22)26)8-12-24(28)29/h1-7,11,13-16,27H,8-10,12H2,(H,28,29). The number of phenolic OH excluding ortho intramolecular Hbond substituents is 1. The minimum absolute atomic E-state index is 0.113. The highest BCUT2D eigenvalue weighted by molar-refractivity contribution is 5.86. The Labute approximate surface area is 168 Å². The van der Waals surface area contributed by atoms with Crippen molar-refractivity contribution in [2.45, 2.75) is 25.7 Å². The number of aliphatic carboxylic acids is 1. The van der Waals surface area contributed by atoms with Crippen molar-refractivity contribution in [3.63, 3.8) is 0 Å². The van der Waals surface area contributed by atoms with Gasteiger partial charge in [-0.15, -0.1) is 0 Å². The Balaban J connectivity index is 1.74. The third-order valence-corrected chi connectivity index (χ3v) is 5.06. The maximum absolute atomic E-state index is 10.9. The van der Waals surface area contributed by atoms with E-state index in [1.54, 1.807) is 18.3 Å². The Morgan fingerprint density at radius 3 is 2.62 bits per heavy atom. The fourth-order valence-electron chi connectivity index (χ4n) is 3.62. The van der Waals surface area contributed by atoms with E-state index in [0.29, 0.717) is 6.42 Å². The number of aromatic nitrogens is 2. The second kappa shape index (κ2) is 8.19. The van der Waals surface area contributed by atoms with E-state index in [1.807, 2.05) is 42.5 Å². The fraction of sp³-hybridized carbons (Fsp3) is 0.167. The third kappa shape index (κ3) is 4.29. The van der Waals surface area contributed by atoms with E-state index in [4.69, 9.17) is 5.11 Å². The highest BCUT2D eigenvalue weighted by Crippen LogP contribution is 2.28. The fourth-order valence-corrected chi connectivity index (χ4v) is 3.62. The summed E-state index contributed by atoms with van der Waals surface area (Å²) in [4.78, 5) is 15.4. The quantitative estimate of drug-likeness (QED) is 0.489. The van der Waals surface area contributed by atoms with Gasteiger partial charge in [0.1, 0.15) is 5.75 Å². The molecule has 0 aliphatic rings. The maximum Gasteiger partial charge on any atom is 0.303 e. The van der Waals surface area contributed by atoms with Crippen LogP contribution in [0.4, 0.5) is 0 Å². The largest absolute Gasteiger partial charge is 0.508 e. The van der Waals surface area contributed by atoms with Gasteiger partial charge in [-0.1, -0.05) is 18.2 Å². The SMILES string of the molecule is O=C(O)CCc1ccc2c(c1)c(CCc1ccccn1)cn2-c1cccc(O)c1. The van der Waals surface area contributed by atoms with Crippen molar-refractivity contribution in [1.82, 2.24) is 9.55 Å². The van der Waals surface area contributed by atoms with Gasteiger partial charge >= 0.3 is 5.97 Å². The molecule has 0 saturated heterocycles. The molecule has 2 aromatic carbocycles. The Morgan fingerprint density at radius 2 is 1.86 bits per heavy atom. The zero-order valence-electron chi connectivity index (χ0n) is 16.0. The van der Waals surface area contributed by atoms with Crippen LogP contribution < -0.4 is 0 Å². The predicted octanol–water partition coefficient (Wildman–Crippen LogP) is 4.53. The minimum atomic E-state index is -0.794. The first-order valence-corrected chi connectivity index (χ1v) is 9.64. The van der Waals surface area contributed by atoms with Crippen LogP contribution in [-0.4, -0.2) is 25.7 Å². The molecule has 0 aliphatic heterocycles. The van der Waals surface area contributed by atoms with Gasteiger partial charge in [0, 0.05) is 41.6 Å². The van der Waals surface area contributed by atoms with E-state index in [-0.39, 0.29) is 12.2 Å². The van der Waals surface area contributed by atoms with Crippen LogP contribution in [-0.2, 0) is 24.1 Å². The van der Waals surface area contributed by atoms with Gasteiger partial charge in [-0.05, 0) is 66.8 Å². The second-order valence-electron chi connectivity index (χ2n) is 7.11. The molecular formula is C24H22N2O3. The lowest BCUT2D eigenvalue weighted by Gasteiger charge is -2.06. The number of nitrogens with zero attached hydrogens (tertiary/aromatic N) is 2. The molecule has 4 rings (SSSR count). The average molecular weight is 386 g/mol. The van der Waals surface area contributed by atoms with Crippen LogP contribution in [0.2, 0.25) is 0 Å². The maximum atomic E-state index is 10.9. The number of rotatable bonds is 7. The highest BCUT2D eigenvalue weighted by Gasteiger charge is 2.12. The molecule has 0 bridgehead atoms. The monoisotopic (exact) mass is 386 g/mol. The number of hydrogen-bond acceptors (Lipinski definition) is 3. The summed E-state index contributed by atoms with van der Waals surface area (Å²) < 4.78 is 2.07. The summed E-state index contributed by atoms with van der Waals surface area (Å²) in [5.41, 5.74) is 5.13. The van der Waals surface area contributed by atoms with Crippen LogP contribution in [0.25, 0.3) is 16.6 Å². The van der Waals surface area contributed by atoms with Crippen LogP contribution in [0, 0.1) is 0 Å². The molecule has 0 aliphatic carbocycles. The normalized spacial score (nSPS) is 11.0. The second-order valence-corrected chi connectivity index (χ2v) is 7.11. The van der Waals surface area contributed by atoms with Crippen molar-refractivity contribution < 1.29 is 15.0 Å². The summed E-state index contributed by atoms with van der Waals surface area (Å²) in [5.74, 6) is -0.574. The van der Waals surface area contributed by atoms with E-state index in [9.17, 15) is 9.90 Å². The number of carboxylic acids is 1. The summed E-state index contributed by atoms with van der Waals surface area (Å²) in [6, 6.07) is 19.2. The first kappa shape index (κ1) is 18.7. The summed E-state index contributed by atoms with van der Waals surface area (Å²) >= 11 is 0. The lowest BCUT2D eigenvalue weighted by Crippen LogP contribution is -1.97. The van der Waals surface area contributed by atoms with Crippen LogP contribution in [0.3, 0.4) is 0 Å². The van der Waals surface area contributed by atoms with Crippen LogP contribution in [0.5, 0.6) is 5.75 Å². The zero-order chi connectivity index (χ0) is 20.2. The van der Waals surface area contributed by atoms with E-state index in [1.165, 1.54) is 5.56 Å². The van der Waals surface area contributed by atoms with Gasteiger partial charge in [0.25, 0.3) is 0 Å². The Morgan fingerprint density at radius 1 is 0.966 bits per heavy atom. The van der Waals surface area contributed by atoms with E-state index in [2.05, 4.69) is 21.8 Å². The Hall–Kier alpha value is -3.60. The molecule has 146 valence electrons. The zero-order valence-corrected chi connectivity index (χ0v) is 16.0. The van der Waals surface area contributed by atoms with Gasteiger partial charge < -0.3 is 14.8 Å². The van der Waals surface area contributed by atoms with Gasteiger partial charge in [-0.3, -0.25) is 9.78 Å². The number of carbonyl (C=O) groups is 1. The van der Waals surface area contributed by atoms with Crippen molar-refractivity contribution >= 4 is 16.9 Å². The number of aromatic hydroxyl groups is 1. The summed E-state index contributed by atoms with van der Waals surface area (Å²) in [6.45, 7) is 0. The number of pyridine rings is 1. The molecule has 0 atom stereocenters. The number of fused-ring (bicyclic) bond motifs is 1. The molecule has 0 unspecified atom stereocenters. The smallest absolute Gasteiger partial charge is 0.303 e. The number of phenols is 1. The van der Waals surface area contributed by atoms with Gasteiger partial charge in [-0.25, -0.2) is 0 Å². The van der Waals surface area contributed by atoms with Crippen molar-refractivity contribution in [3.8, 4) is 11.4 Å². The van der Waals surface area contributed by atoms with Gasteiger partial charge in [0.15, 0.2) is 0 Å². The van der Waals surface area contributed by atoms with Crippen LogP contribution in [0.1, 0.15) is 23.2 Å². The van der Waals surface area contributed by atoms with Crippen molar-refractivity contribution in [2.24, 2.45) is 0 Å². The van der Waals surface area contributed by atoms with E-state index < -0.39 is 5.97 Å². The molecule has 5 nitrogen and oxygen atoms in total. The number of aryl methyl sites for hydroxylation is 3. The summed E-state index contributed by atoms with van der Waals surface area (Å²) in [5, 5.41) is 20.0. The molecule has 4 aromatic rings. The van der Waals surface area contributed by atoms with E-state index >= 15 is 0 Å². The molecule has 29 heavy (non-hydrogen) atoms. The lowest BCUT2D eigenvalue weighted by molar-refractivity contribution is -0.136. The predicted molar refractivity (Wildman–Crippen MR) is 113 cm³/mol. The molecule has 0 fully saturated rings. The summed E-state index contributed by atoms with van der Waals surface area (Å²) in [7, 11) is 0. The van der Waals surface area contributed by atoms with E-state index in [0.717, 1.165) is 40.7 Å². The van der Waals surface area contributed by atoms with Crippen molar-refractivity contribution in [3.05, 3.63) is 89.9 Å². The molecule has 2 aromatic heterocycles. The average Bonchev–Trinajstić information content (AvgIpc) is 3.09. The first-order valence-electron chi connectivity index (χ1n) is 9.64. The van der Waals surface area contributed by atoms with Crippen molar-refractivity contribution in [1.29, 1.82) is 0 Å². The number of benzene rings is 2. The van der Waals surface area contributed by atoms with Crippen LogP contribution in [0.15, 0.2) is 73.1 Å². The highest BCUT2D eigenvalue weighted by atomic mass is 16.4. The van der Waals surface area contributed by atoms with Gasteiger partial charge in [0.2, 0.25) is 0 Å². The van der Waals surface area contributed by atoms with Crippen molar-refractivity contribution in [2.75, 3.05) is 0 Å². The van der Waals surface area contributed by atoms with Crippen LogP contribution >= 0.6 is 0 Å².